The summed E-state index contributed by atoms with van der Waals surface area (Å²) in [6, 6.07) is 14.3. The zero-order valence-electron chi connectivity index (χ0n) is 16.2. The fraction of sp³-hybridized carbons (Fsp3) is 0.350. The Balaban J connectivity index is 1.85. The van der Waals surface area contributed by atoms with Gasteiger partial charge in [0.2, 0.25) is 0 Å². The van der Waals surface area contributed by atoms with Crippen molar-refractivity contribution in [2.75, 3.05) is 19.8 Å². The Labute approximate surface area is 182 Å². The first-order chi connectivity index (χ1) is 13.5. The molecule has 3 aromatic rings. The van der Waals surface area contributed by atoms with Gasteiger partial charge in [0, 0.05) is 6.42 Å². The van der Waals surface area contributed by atoms with Crippen molar-refractivity contribution in [1.29, 1.82) is 0 Å². The van der Waals surface area contributed by atoms with Crippen LogP contribution in [0.25, 0.3) is 0 Å². The molecule has 1 N–H and O–H groups in total. The van der Waals surface area contributed by atoms with Crippen LogP contribution in [0.3, 0.4) is 0 Å². The molecule has 1 atom stereocenters. The summed E-state index contributed by atoms with van der Waals surface area (Å²) in [7, 11) is 4.28. The van der Waals surface area contributed by atoms with Crippen molar-refractivity contribution in [3.05, 3.63) is 62.5 Å². The van der Waals surface area contributed by atoms with Gasteiger partial charge in [0.1, 0.15) is 6.04 Å². The molecule has 148 valence electrons. The minimum absolute atomic E-state index is 0.113. The van der Waals surface area contributed by atoms with Crippen molar-refractivity contribution in [3.8, 4) is 0 Å². The van der Waals surface area contributed by atoms with Crippen LogP contribution in [0.15, 0.2) is 51.4 Å². The molecule has 5 nitrogen and oxygen atoms in total. The number of thioether (sulfide) groups is 1. The predicted molar refractivity (Wildman–Crippen MR) is 118 cm³/mol. The second kappa shape index (κ2) is 9.82. The lowest BCUT2D eigenvalue weighted by Gasteiger charge is -2.20. The molecule has 0 fully saturated rings. The summed E-state index contributed by atoms with van der Waals surface area (Å²) >= 11 is 6.34. The number of hydrogen-bond donors (Lipinski definition) is 1. The van der Waals surface area contributed by atoms with E-state index in [2.05, 4.69) is 63.8 Å². The number of ketones is 1. The lowest BCUT2D eigenvalue weighted by molar-refractivity contribution is -0.893. The van der Waals surface area contributed by atoms with Crippen LogP contribution in [-0.4, -0.2) is 40.4 Å². The molecule has 2 aromatic heterocycles. The van der Waals surface area contributed by atoms with Gasteiger partial charge in [-0.1, -0.05) is 49.0 Å². The maximum atomic E-state index is 12.5. The Morgan fingerprint density at radius 2 is 1.96 bits per heavy atom. The molecule has 3 rings (SSSR count). The second-order valence-corrected chi connectivity index (χ2v) is 10.2. The minimum atomic E-state index is 0.113. The van der Waals surface area contributed by atoms with Crippen LogP contribution < -0.4 is 4.90 Å². The monoisotopic (exact) mass is 479 g/mol. The van der Waals surface area contributed by atoms with E-state index in [0.717, 1.165) is 26.1 Å². The largest absolute Gasteiger partial charge is 0.331 e. The standard InChI is InChI=1S/C20H23BrN4OS2/c1-4-15(24(2)3)19-22-23-20(25(19)12-14-8-6-5-7-9-14)27-13-16(26)17-10-11-18(21)28-17/h5-11,15H,4,12-13H2,1-3H3/p+1/t15-/m0/s1. The van der Waals surface area contributed by atoms with Gasteiger partial charge in [0.15, 0.2) is 16.8 Å². The summed E-state index contributed by atoms with van der Waals surface area (Å²) in [5.41, 5.74) is 1.20. The molecule has 0 spiro atoms. The Morgan fingerprint density at radius 1 is 1.21 bits per heavy atom. The molecule has 0 aliphatic heterocycles. The van der Waals surface area contributed by atoms with Gasteiger partial charge in [-0.25, -0.2) is 0 Å². The smallest absolute Gasteiger partial charge is 0.192 e. The summed E-state index contributed by atoms with van der Waals surface area (Å²) in [5, 5.41) is 9.75. The number of rotatable bonds is 9. The summed E-state index contributed by atoms with van der Waals surface area (Å²) in [4.78, 5) is 14.6. The second-order valence-electron chi connectivity index (χ2n) is 6.77. The highest BCUT2D eigenvalue weighted by molar-refractivity contribution is 9.11. The number of nitrogens with zero attached hydrogens (tertiary/aromatic N) is 3. The number of nitrogens with one attached hydrogen (secondary N) is 1. The number of quaternary nitrogens is 1. The highest BCUT2D eigenvalue weighted by Gasteiger charge is 2.25. The van der Waals surface area contributed by atoms with Crippen molar-refractivity contribution in [1.82, 2.24) is 14.8 Å². The lowest BCUT2D eigenvalue weighted by atomic mass is 10.2. The Kier molecular flexibility index (Phi) is 7.45. The number of Topliss-reactive ketones (excluding diaryl/α,β-unsaturated/α-hetero) is 1. The van der Waals surface area contributed by atoms with Gasteiger partial charge in [-0.3, -0.25) is 9.36 Å². The quantitative estimate of drug-likeness (QED) is 0.375. The van der Waals surface area contributed by atoms with E-state index in [1.807, 2.05) is 30.3 Å². The zero-order valence-corrected chi connectivity index (χ0v) is 19.4. The first-order valence-electron chi connectivity index (χ1n) is 9.18. The van der Waals surface area contributed by atoms with E-state index >= 15 is 0 Å². The third-order valence-corrected chi connectivity index (χ3v) is 7.16. The van der Waals surface area contributed by atoms with E-state index in [4.69, 9.17) is 0 Å². The van der Waals surface area contributed by atoms with E-state index in [1.165, 1.54) is 33.6 Å². The highest BCUT2D eigenvalue weighted by Crippen LogP contribution is 2.26. The molecule has 0 bridgehead atoms. The van der Waals surface area contributed by atoms with Crippen molar-refractivity contribution >= 4 is 44.8 Å². The molecule has 28 heavy (non-hydrogen) atoms. The van der Waals surface area contributed by atoms with Gasteiger partial charge < -0.3 is 4.90 Å². The molecule has 0 aliphatic carbocycles. The Bertz CT molecular complexity index is 923. The van der Waals surface area contributed by atoms with Gasteiger partial charge in [-0.15, -0.1) is 21.5 Å². The topological polar surface area (TPSA) is 52.2 Å². The molecular formula is C20H24BrN4OS2+. The molecule has 0 aliphatic rings. The normalized spacial score (nSPS) is 12.5. The summed E-state index contributed by atoms with van der Waals surface area (Å²) < 4.78 is 3.13. The first-order valence-corrected chi connectivity index (χ1v) is 11.8. The Hall–Kier alpha value is -1.48. The van der Waals surface area contributed by atoms with E-state index < -0.39 is 0 Å². The summed E-state index contributed by atoms with van der Waals surface area (Å²) in [6.45, 7) is 2.87. The van der Waals surface area contributed by atoms with Gasteiger partial charge >= 0.3 is 0 Å². The fourth-order valence-electron chi connectivity index (χ4n) is 3.09. The van der Waals surface area contributed by atoms with E-state index in [0.29, 0.717) is 12.3 Å². The lowest BCUT2D eigenvalue weighted by Crippen LogP contribution is -3.06. The van der Waals surface area contributed by atoms with Gasteiger partial charge in [-0.2, -0.15) is 0 Å². The number of hydrogen-bond acceptors (Lipinski definition) is 5. The molecule has 1 aromatic carbocycles. The summed E-state index contributed by atoms with van der Waals surface area (Å²) in [6.07, 6.45) is 0.974. The predicted octanol–water partition coefficient (Wildman–Crippen LogP) is 3.72. The number of benzene rings is 1. The van der Waals surface area contributed by atoms with Gasteiger partial charge in [-0.05, 0) is 33.6 Å². The number of carbonyl (C=O) groups excluding carboxylic acids is 1. The van der Waals surface area contributed by atoms with Crippen LogP contribution in [0.1, 0.15) is 40.4 Å². The number of thiophene rings is 1. The number of aromatic nitrogens is 3. The third kappa shape index (κ3) is 5.11. The molecular weight excluding hydrogens is 456 g/mol. The maximum Gasteiger partial charge on any atom is 0.192 e. The van der Waals surface area contributed by atoms with Crippen LogP contribution >= 0.6 is 39.0 Å². The molecule has 0 radical (unpaired) electrons. The number of carbonyl (C=O) groups is 1. The minimum Gasteiger partial charge on any atom is -0.331 e. The van der Waals surface area contributed by atoms with Crippen molar-refractivity contribution in [3.63, 3.8) is 0 Å². The number of halogens is 1. The van der Waals surface area contributed by atoms with Crippen molar-refractivity contribution in [2.24, 2.45) is 0 Å². The molecule has 0 amide bonds. The summed E-state index contributed by atoms with van der Waals surface area (Å²) in [5.74, 6) is 1.44. The van der Waals surface area contributed by atoms with E-state index in [-0.39, 0.29) is 11.8 Å². The maximum absolute atomic E-state index is 12.5. The van der Waals surface area contributed by atoms with E-state index in [1.54, 1.807) is 0 Å². The zero-order chi connectivity index (χ0) is 20.1. The Morgan fingerprint density at radius 3 is 2.57 bits per heavy atom. The van der Waals surface area contributed by atoms with Crippen molar-refractivity contribution < 1.29 is 9.69 Å². The third-order valence-electron chi connectivity index (χ3n) is 4.53. The average molecular weight is 480 g/mol. The molecule has 0 saturated heterocycles. The fourth-order valence-corrected chi connectivity index (χ4v) is 5.34. The average Bonchev–Trinajstić information content (AvgIpc) is 3.28. The first kappa shape index (κ1) is 21.2. The van der Waals surface area contributed by atoms with Gasteiger partial charge in [0.05, 0.1) is 35.1 Å². The highest BCUT2D eigenvalue weighted by atomic mass is 79.9. The van der Waals surface area contributed by atoms with Crippen LogP contribution in [0.5, 0.6) is 0 Å². The molecule has 8 heteroatoms. The molecule has 0 saturated carbocycles. The van der Waals surface area contributed by atoms with E-state index in [9.17, 15) is 4.79 Å². The molecule has 0 unspecified atom stereocenters. The SMILES string of the molecule is CC[C@@H](c1nnc(SCC(=O)c2ccc(Br)s2)n1Cc1ccccc1)[NH+](C)C. The molecule has 2 heterocycles. The van der Waals surface area contributed by atoms with Crippen LogP contribution in [-0.2, 0) is 6.54 Å². The van der Waals surface area contributed by atoms with Crippen LogP contribution in [0.2, 0.25) is 0 Å². The van der Waals surface area contributed by atoms with Crippen LogP contribution in [0.4, 0.5) is 0 Å². The van der Waals surface area contributed by atoms with Gasteiger partial charge in [0.25, 0.3) is 0 Å². The van der Waals surface area contributed by atoms with Crippen LogP contribution in [0, 0.1) is 0 Å². The van der Waals surface area contributed by atoms with Crippen molar-refractivity contribution in [2.45, 2.75) is 31.1 Å².